The van der Waals surface area contributed by atoms with Crippen LogP contribution in [0.15, 0.2) is 75.4 Å². The molecule has 4 atom stereocenters. The molecule has 0 aromatic heterocycles. The predicted molar refractivity (Wildman–Crippen MR) is 150 cm³/mol. The molecule has 0 radical (unpaired) electrons. The van der Waals surface area contributed by atoms with E-state index in [1.807, 2.05) is 49.4 Å². The van der Waals surface area contributed by atoms with E-state index in [2.05, 4.69) is 51.6 Å². The van der Waals surface area contributed by atoms with Gasteiger partial charge in [-0.2, -0.15) is 0 Å². The van der Waals surface area contributed by atoms with Crippen molar-refractivity contribution in [2.75, 3.05) is 7.05 Å². The Hall–Kier alpha value is -1.47. The highest BCUT2D eigenvalue weighted by molar-refractivity contribution is 7.97. The molecule has 4 nitrogen and oxygen atoms in total. The Morgan fingerprint density at radius 3 is 2.21 bits per heavy atom. The van der Waals surface area contributed by atoms with Gasteiger partial charge in [-0.3, -0.25) is 0 Å². The molecule has 0 amide bonds. The molecule has 1 rings (SSSR count). The van der Waals surface area contributed by atoms with Crippen LogP contribution >= 0.6 is 0 Å². The maximum Gasteiger partial charge on any atom is 0.192 e. The zero-order valence-electron chi connectivity index (χ0n) is 22.4. The van der Waals surface area contributed by atoms with Gasteiger partial charge >= 0.3 is 0 Å². The zero-order valence-corrected chi connectivity index (χ0v) is 24.2. The SMILES string of the molecule is C=CCC[C@H](O)/C(=C\[C@@H](C(C)C)[C@H](/C=C/C)O[Si](CC)(CC)CC)S(=O)(=NC)c1ccccc1. The van der Waals surface area contributed by atoms with Crippen molar-refractivity contribution in [2.45, 2.75) is 89.6 Å². The summed E-state index contributed by atoms with van der Waals surface area (Å²) in [5, 5.41) is 11.3. The van der Waals surface area contributed by atoms with Gasteiger partial charge in [0.25, 0.3) is 0 Å². The molecule has 1 aromatic carbocycles. The molecule has 34 heavy (non-hydrogen) atoms. The molecule has 0 aliphatic heterocycles. The van der Waals surface area contributed by atoms with Crippen molar-refractivity contribution in [2.24, 2.45) is 16.2 Å². The minimum atomic E-state index is -2.98. The normalized spacial score (nSPS) is 17.4. The summed E-state index contributed by atoms with van der Waals surface area (Å²) in [5.74, 6) is 0.170. The summed E-state index contributed by atoms with van der Waals surface area (Å²) < 4.78 is 25.7. The van der Waals surface area contributed by atoms with Gasteiger partial charge in [0.15, 0.2) is 8.32 Å². The smallest absolute Gasteiger partial charge is 0.192 e. The average molecular weight is 506 g/mol. The van der Waals surface area contributed by atoms with E-state index in [-0.39, 0.29) is 17.9 Å². The Labute approximate surface area is 210 Å². The van der Waals surface area contributed by atoms with Gasteiger partial charge in [-0.15, -0.1) is 6.58 Å². The van der Waals surface area contributed by atoms with E-state index in [1.165, 1.54) is 0 Å². The summed E-state index contributed by atoms with van der Waals surface area (Å²) in [6.45, 7) is 16.8. The highest BCUT2D eigenvalue weighted by Crippen LogP contribution is 2.34. The van der Waals surface area contributed by atoms with Crippen LogP contribution in [0.2, 0.25) is 18.1 Å². The van der Waals surface area contributed by atoms with Crippen molar-refractivity contribution in [3.63, 3.8) is 0 Å². The molecule has 192 valence electrons. The maximum atomic E-state index is 14.4. The van der Waals surface area contributed by atoms with Crippen molar-refractivity contribution in [1.29, 1.82) is 0 Å². The summed E-state index contributed by atoms with van der Waals surface area (Å²) in [7, 11) is -3.29. The Kier molecular flexibility index (Phi) is 13.3. The van der Waals surface area contributed by atoms with E-state index in [0.29, 0.717) is 22.6 Å². The van der Waals surface area contributed by atoms with Crippen molar-refractivity contribution in [1.82, 2.24) is 0 Å². The molecule has 1 N–H and O–H groups in total. The zero-order chi connectivity index (χ0) is 25.8. The molecule has 1 aromatic rings. The lowest BCUT2D eigenvalue weighted by Crippen LogP contribution is -2.42. The summed E-state index contributed by atoms with van der Waals surface area (Å²) in [6.07, 6.45) is 8.03. The molecule has 1 unspecified atom stereocenters. The summed E-state index contributed by atoms with van der Waals surface area (Å²) >= 11 is 0. The maximum absolute atomic E-state index is 14.4. The Bertz CT molecular complexity index is 905. The van der Waals surface area contributed by atoms with Crippen molar-refractivity contribution >= 4 is 18.0 Å². The van der Waals surface area contributed by atoms with E-state index in [4.69, 9.17) is 4.43 Å². The quantitative estimate of drug-likeness (QED) is 0.197. The number of nitrogens with zero attached hydrogens (tertiary/aromatic N) is 1. The van der Waals surface area contributed by atoms with Crippen molar-refractivity contribution < 1.29 is 13.7 Å². The van der Waals surface area contributed by atoms with Crippen LogP contribution in [0.5, 0.6) is 0 Å². The molecular formula is C28H47NO3SSi. The lowest BCUT2D eigenvalue weighted by molar-refractivity contribution is 0.158. The molecule has 0 aliphatic rings. The van der Waals surface area contributed by atoms with Gasteiger partial charge in [0.05, 0.1) is 22.0 Å². The summed E-state index contributed by atoms with van der Waals surface area (Å²) in [4.78, 5) is 1.10. The molecule has 0 spiro atoms. The first kappa shape index (κ1) is 30.6. The first-order chi connectivity index (χ1) is 16.2. The van der Waals surface area contributed by atoms with Gasteiger partial charge in [0, 0.05) is 13.0 Å². The lowest BCUT2D eigenvalue weighted by atomic mass is 9.89. The second kappa shape index (κ2) is 14.8. The van der Waals surface area contributed by atoms with Crippen LogP contribution in [0.25, 0.3) is 0 Å². The van der Waals surface area contributed by atoms with Gasteiger partial charge < -0.3 is 9.53 Å². The Morgan fingerprint density at radius 1 is 1.18 bits per heavy atom. The van der Waals surface area contributed by atoms with Crippen LogP contribution in [-0.4, -0.2) is 36.9 Å². The minimum absolute atomic E-state index is 0.0487. The van der Waals surface area contributed by atoms with E-state index in [1.54, 1.807) is 13.1 Å². The van der Waals surface area contributed by atoms with Crippen molar-refractivity contribution in [3.05, 3.63) is 66.1 Å². The highest BCUT2D eigenvalue weighted by Gasteiger charge is 2.36. The van der Waals surface area contributed by atoms with E-state index >= 15 is 0 Å². The van der Waals surface area contributed by atoms with Gasteiger partial charge in [-0.1, -0.05) is 77.1 Å². The van der Waals surface area contributed by atoms with Gasteiger partial charge in [-0.25, -0.2) is 8.57 Å². The molecule has 0 saturated heterocycles. The fourth-order valence-corrected chi connectivity index (χ4v) is 9.20. The predicted octanol–water partition coefficient (Wildman–Crippen LogP) is 7.59. The second-order valence-corrected chi connectivity index (χ2v) is 16.2. The number of hydrogen-bond acceptors (Lipinski definition) is 4. The van der Waals surface area contributed by atoms with E-state index in [9.17, 15) is 9.32 Å². The fraction of sp³-hybridized carbons (Fsp3) is 0.571. The monoisotopic (exact) mass is 505 g/mol. The first-order valence-corrected chi connectivity index (χ1v) is 16.7. The molecule has 0 heterocycles. The number of aliphatic hydroxyl groups is 1. The highest BCUT2D eigenvalue weighted by atomic mass is 32.2. The summed E-state index contributed by atoms with van der Waals surface area (Å²) in [5.41, 5.74) is 0. The molecule has 0 bridgehead atoms. The van der Waals surface area contributed by atoms with Crippen LogP contribution in [0.4, 0.5) is 0 Å². The third-order valence-electron chi connectivity index (χ3n) is 6.82. The Morgan fingerprint density at radius 2 is 1.76 bits per heavy atom. The summed E-state index contributed by atoms with van der Waals surface area (Å²) in [6, 6.07) is 12.5. The molecule has 0 fully saturated rings. The van der Waals surface area contributed by atoms with Crippen LogP contribution in [-0.2, 0) is 14.2 Å². The standard InChI is InChI=1S/C28H47NO3SSi/c1-9-14-21-26(30)28(33(31,29-8)24-19-16-15-17-20-24)22-25(23(6)7)27(18-10-2)32-34(11-3,12-4)13-5/h9-10,15-20,22-23,25-27,30H,1,11-14,21H2,2-8H3/b18-10+,28-22+/t25-,26-,27-,33?/m0/s1. The topological polar surface area (TPSA) is 58.9 Å². The van der Waals surface area contributed by atoms with Gasteiger partial charge in [-0.05, 0) is 55.9 Å². The minimum Gasteiger partial charge on any atom is -0.410 e. The van der Waals surface area contributed by atoms with Gasteiger partial charge in [0.1, 0.15) is 9.73 Å². The lowest BCUT2D eigenvalue weighted by Gasteiger charge is -2.37. The number of rotatable bonds is 15. The number of benzene rings is 1. The van der Waals surface area contributed by atoms with E-state index < -0.39 is 24.2 Å². The largest absolute Gasteiger partial charge is 0.410 e. The number of aliphatic hydroxyl groups excluding tert-OH is 1. The van der Waals surface area contributed by atoms with Crippen LogP contribution in [0, 0.1) is 11.8 Å². The average Bonchev–Trinajstić information content (AvgIpc) is 2.86. The Balaban J connectivity index is 3.75. The first-order valence-electron chi connectivity index (χ1n) is 12.7. The number of allylic oxidation sites excluding steroid dienone is 2. The molecule has 6 heteroatoms. The third kappa shape index (κ3) is 7.77. The van der Waals surface area contributed by atoms with Gasteiger partial charge in [0.2, 0.25) is 0 Å². The third-order valence-corrected chi connectivity index (χ3v) is 13.9. The van der Waals surface area contributed by atoms with E-state index in [0.717, 1.165) is 18.1 Å². The van der Waals surface area contributed by atoms with Crippen LogP contribution < -0.4 is 0 Å². The molecule has 0 aliphatic carbocycles. The second-order valence-electron chi connectivity index (χ2n) is 9.15. The number of hydrogen-bond donors (Lipinski definition) is 1. The van der Waals surface area contributed by atoms with Crippen molar-refractivity contribution in [3.8, 4) is 0 Å². The van der Waals surface area contributed by atoms with Crippen LogP contribution in [0.3, 0.4) is 0 Å². The molecular weight excluding hydrogens is 458 g/mol. The fourth-order valence-electron chi connectivity index (χ4n) is 4.34. The van der Waals surface area contributed by atoms with Crippen LogP contribution in [0.1, 0.15) is 54.4 Å². The molecule has 0 saturated carbocycles.